The van der Waals surface area contributed by atoms with Crippen LogP contribution in [-0.2, 0) is 0 Å². The second-order valence-electron chi connectivity index (χ2n) is 3.78. The zero-order valence-electron chi connectivity index (χ0n) is 9.32. The maximum absolute atomic E-state index is 4.12. The van der Waals surface area contributed by atoms with Crippen LogP contribution in [0.25, 0.3) is 0 Å². The second kappa shape index (κ2) is 5.65. The van der Waals surface area contributed by atoms with Gasteiger partial charge in [-0.1, -0.05) is 22.0 Å². The number of benzene rings is 1. The minimum atomic E-state index is 0.223. The summed E-state index contributed by atoms with van der Waals surface area (Å²) >= 11 is 6.98. The fourth-order valence-corrected chi connectivity index (χ4v) is 2.72. The average molecular weight is 356 g/mol. The van der Waals surface area contributed by atoms with Crippen LogP contribution in [0.3, 0.4) is 0 Å². The van der Waals surface area contributed by atoms with E-state index in [1.54, 1.807) is 6.20 Å². The maximum atomic E-state index is 4.12. The quantitative estimate of drug-likeness (QED) is 0.856. The number of hydrogen-bond donors (Lipinski definition) is 1. The fourth-order valence-electron chi connectivity index (χ4n) is 1.56. The van der Waals surface area contributed by atoms with Crippen LogP contribution < -0.4 is 5.32 Å². The normalized spacial score (nSPS) is 12.2. The van der Waals surface area contributed by atoms with Crippen LogP contribution in [-0.4, -0.2) is 4.98 Å². The summed E-state index contributed by atoms with van der Waals surface area (Å²) in [5, 5.41) is 3.45. The van der Waals surface area contributed by atoms with Crippen LogP contribution in [0.5, 0.6) is 0 Å². The summed E-state index contributed by atoms with van der Waals surface area (Å²) in [7, 11) is 0. The molecule has 1 atom stereocenters. The first kappa shape index (κ1) is 12.6. The molecule has 0 radical (unpaired) electrons. The number of nitrogens with one attached hydrogen (secondary N) is 1. The van der Waals surface area contributed by atoms with Crippen molar-refractivity contribution in [1.82, 2.24) is 4.98 Å². The first-order valence-corrected chi connectivity index (χ1v) is 6.87. The first-order chi connectivity index (χ1) is 8.16. The molecular weight excluding hydrogens is 344 g/mol. The monoisotopic (exact) mass is 354 g/mol. The molecule has 0 bridgehead atoms. The van der Waals surface area contributed by atoms with Crippen molar-refractivity contribution >= 4 is 37.5 Å². The molecule has 2 rings (SSSR count). The summed E-state index contributed by atoms with van der Waals surface area (Å²) in [5.41, 5.74) is 2.24. The Balaban J connectivity index is 2.16. The highest BCUT2D eigenvalue weighted by atomic mass is 79.9. The third-order valence-electron chi connectivity index (χ3n) is 2.49. The van der Waals surface area contributed by atoms with Crippen molar-refractivity contribution in [3.05, 3.63) is 57.2 Å². The molecule has 17 heavy (non-hydrogen) atoms. The molecule has 4 heteroatoms. The van der Waals surface area contributed by atoms with Gasteiger partial charge < -0.3 is 5.32 Å². The van der Waals surface area contributed by atoms with Gasteiger partial charge in [-0.15, -0.1) is 0 Å². The van der Waals surface area contributed by atoms with Gasteiger partial charge in [-0.05, 0) is 52.7 Å². The van der Waals surface area contributed by atoms with Crippen LogP contribution in [0.2, 0.25) is 0 Å². The minimum Gasteiger partial charge on any atom is -0.378 e. The lowest BCUT2D eigenvalue weighted by atomic mass is 10.1. The molecule has 1 N–H and O–H groups in total. The number of hydrogen-bond acceptors (Lipinski definition) is 2. The lowest BCUT2D eigenvalue weighted by Gasteiger charge is -2.16. The number of rotatable bonds is 3. The van der Waals surface area contributed by atoms with E-state index in [0.29, 0.717) is 0 Å². The molecule has 88 valence electrons. The van der Waals surface area contributed by atoms with Gasteiger partial charge in [0.15, 0.2) is 0 Å². The van der Waals surface area contributed by atoms with E-state index in [0.717, 1.165) is 14.6 Å². The van der Waals surface area contributed by atoms with Gasteiger partial charge in [-0.3, -0.25) is 4.98 Å². The maximum Gasteiger partial charge on any atom is 0.0501 e. The Bertz CT molecular complexity index is 500. The molecule has 2 aromatic rings. The second-order valence-corrected chi connectivity index (χ2v) is 5.55. The van der Waals surface area contributed by atoms with Crippen LogP contribution in [0.15, 0.2) is 51.7 Å². The Labute approximate surface area is 118 Å². The summed E-state index contributed by atoms with van der Waals surface area (Å²) in [6.07, 6.45) is 3.66. The van der Waals surface area contributed by atoms with E-state index in [9.17, 15) is 0 Å². The van der Waals surface area contributed by atoms with Gasteiger partial charge in [0.1, 0.15) is 0 Å². The summed E-state index contributed by atoms with van der Waals surface area (Å²) in [5.74, 6) is 0. The Morgan fingerprint density at radius 2 is 2.06 bits per heavy atom. The van der Waals surface area contributed by atoms with Gasteiger partial charge in [-0.25, -0.2) is 0 Å². The van der Waals surface area contributed by atoms with E-state index in [-0.39, 0.29) is 6.04 Å². The molecule has 1 unspecified atom stereocenters. The molecular formula is C13H12Br2N2. The van der Waals surface area contributed by atoms with Crippen LogP contribution in [0.4, 0.5) is 5.69 Å². The van der Waals surface area contributed by atoms with Crippen molar-refractivity contribution in [2.24, 2.45) is 0 Å². The Kier molecular flexibility index (Phi) is 4.18. The van der Waals surface area contributed by atoms with Crippen LogP contribution >= 0.6 is 31.9 Å². The lowest BCUT2D eigenvalue weighted by molar-refractivity contribution is 0.874. The highest BCUT2D eigenvalue weighted by molar-refractivity contribution is 9.11. The van der Waals surface area contributed by atoms with Gasteiger partial charge in [0.05, 0.1) is 6.04 Å². The highest BCUT2D eigenvalue weighted by Crippen LogP contribution is 2.29. The number of aromatic nitrogens is 1. The van der Waals surface area contributed by atoms with E-state index in [4.69, 9.17) is 0 Å². The molecule has 2 nitrogen and oxygen atoms in total. The third kappa shape index (κ3) is 3.30. The smallest absolute Gasteiger partial charge is 0.0501 e. The van der Waals surface area contributed by atoms with Gasteiger partial charge in [0.2, 0.25) is 0 Å². The molecule has 0 aliphatic heterocycles. The highest BCUT2D eigenvalue weighted by Gasteiger charge is 2.07. The van der Waals surface area contributed by atoms with Crippen molar-refractivity contribution < 1.29 is 0 Å². The van der Waals surface area contributed by atoms with Crippen molar-refractivity contribution in [2.75, 3.05) is 5.32 Å². The van der Waals surface area contributed by atoms with Gasteiger partial charge in [0, 0.05) is 27.0 Å². The SMILES string of the molecule is CC(Nc1ccc(Br)cc1Br)c1cccnc1. The molecule has 1 aromatic carbocycles. The summed E-state index contributed by atoms with van der Waals surface area (Å²) < 4.78 is 2.10. The molecule has 0 fully saturated rings. The molecule has 0 aliphatic rings. The predicted molar refractivity (Wildman–Crippen MR) is 78.1 cm³/mol. The standard InChI is InChI=1S/C13H12Br2N2/c1-9(10-3-2-6-16-8-10)17-13-5-4-11(14)7-12(13)15/h2-9,17H,1H3. The van der Waals surface area contributed by atoms with E-state index in [2.05, 4.69) is 55.2 Å². The average Bonchev–Trinajstić information content (AvgIpc) is 2.34. The molecule has 0 amide bonds. The van der Waals surface area contributed by atoms with Gasteiger partial charge >= 0.3 is 0 Å². The van der Waals surface area contributed by atoms with E-state index in [1.165, 1.54) is 5.56 Å². The van der Waals surface area contributed by atoms with E-state index >= 15 is 0 Å². The summed E-state index contributed by atoms with van der Waals surface area (Å²) in [6, 6.07) is 10.3. The zero-order chi connectivity index (χ0) is 12.3. The predicted octanol–water partition coefficient (Wildman–Crippen LogP) is 4.78. The topological polar surface area (TPSA) is 24.9 Å². The minimum absolute atomic E-state index is 0.223. The summed E-state index contributed by atoms with van der Waals surface area (Å²) in [6.45, 7) is 2.12. The van der Waals surface area contributed by atoms with Crippen molar-refractivity contribution in [1.29, 1.82) is 0 Å². The molecule has 0 spiro atoms. The fraction of sp³-hybridized carbons (Fsp3) is 0.154. The molecule has 0 saturated heterocycles. The Hall–Kier alpha value is -0.870. The number of halogens is 2. The first-order valence-electron chi connectivity index (χ1n) is 5.28. The Morgan fingerprint density at radius 1 is 1.24 bits per heavy atom. The van der Waals surface area contributed by atoms with Gasteiger partial charge in [-0.2, -0.15) is 0 Å². The van der Waals surface area contributed by atoms with Crippen molar-refractivity contribution in [3.63, 3.8) is 0 Å². The van der Waals surface area contributed by atoms with Crippen LogP contribution in [0, 0.1) is 0 Å². The van der Waals surface area contributed by atoms with Crippen molar-refractivity contribution in [2.45, 2.75) is 13.0 Å². The largest absolute Gasteiger partial charge is 0.378 e. The van der Waals surface area contributed by atoms with E-state index < -0.39 is 0 Å². The van der Waals surface area contributed by atoms with Gasteiger partial charge in [0.25, 0.3) is 0 Å². The molecule has 0 saturated carbocycles. The molecule has 1 heterocycles. The van der Waals surface area contributed by atoms with E-state index in [1.807, 2.05) is 30.5 Å². The number of nitrogens with zero attached hydrogens (tertiary/aromatic N) is 1. The summed E-state index contributed by atoms with van der Waals surface area (Å²) in [4.78, 5) is 4.12. The number of anilines is 1. The zero-order valence-corrected chi connectivity index (χ0v) is 12.5. The lowest BCUT2D eigenvalue weighted by Crippen LogP contribution is -2.07. The van der Waals surface area contributed by atoms with Crippen molar-refractivity contribution in [3.8, 4) is 0 Å². The molecule has 1 aromatic heterocycles. The number of pyridine rings is 1. The van der Waals surface area contributed by atoms with Crippen LogP contribution in [0.1, 0.15) is 18.5 Å². The molecule has 0 aliphatic carbocycles. The Morgan fingerprint density at radius 3 is 2.71 bits per heavy atom. The third-order valence-corrected chi connectivity index (χ3v) is 3.64.